The topological polar surface area (TPSA) is 54.5 Å². The molecule has 1 N–H and O–H groups in total. The van der Waals surface area contributed by atoms with Gasteiger partial charge in [-0.3, -0.25) is 0 Å². The zero-order valence-corrected chi connectivity index (χ0v) is 10.4. The normalized spacial score (nSPS) is 16.2. The van der Waals surface area contributed by atoms with Crippen LogP contribution in [0.5, 0.6) is 0 Å². The predicted octanol–water partition coefficient (Wildman–Crippen LogP) is 0.993. The lowest BCUT2D eigenvalue weighted by molar-refractivity contribution is 0.0606. The minimum atomic E-state index is -0.427. The fourth-order valence-electron chi connectivity index (χ4n) is 1.50. The minimum absolute atomic E-state index is 0.227. The number of methoxy groups -OCH3 is 1. The van der Waals surface area contributed by atoms with Crippen LogP contribution in [0.1, 0.15) is 9.67 Å². The van der Waals surface area contributed by atoms with Crippen LogP contribution in [0, 0.1) is 0 Å². The number of anilines is 1. The third-order valence-electron chi connectivity index (χ3n) is 2.33. The van der Waals surface area contributed by atoms with E-state index in [0.717, 1.165) is 31.3 Å². The summed E-state index contributed by atoms with van der Waals surface area (Å²) >= 11 is 7.17. The Hall–Kier alpha value is -0.850. The molecular weight excluding hydrogens is 250 g/mol. The number of rotatable bonds is 2. The third-order valence-corrected chi connectivity index (χ3v) is 3.81. The Morgan fingerprint density at radius 3 is 2.88 bits per heavy atom. The molecule has 2 rings (SSSR count). The van der Waals surface area contributed by atoms with Crippen LogP contribution in [-0.4, -0.2) is 44.2 Å². The quantitative estimate of drug-likeness (QED) is 0.805. The Kier molecular flexibility index (Phi) is 3.63. The monoisotopic (exact) mass is 261 g/mol. The van der Waals surface area contributed by atoms with E-state index in [1.807, 2.05) is 0 Å². The van der Waals surface area contributed by atoms with Crippen LogP contribution in [0.25, 0.3) is 0 Å². The molecule has 0 amide bonds. The molecule has 0 bridgehead atoms. The van der Waals surface area contributed by atoms with Crippen molar-refractivity contribution in [3.8, 4) is 0 Å². The number of carbonyl (C=O) groups excluding carboxylic acids is 1. The average Bonchev–Trinajstić information content (AvgIpc) is 2.71. The number of thiazole rings is 1. The van der Waals surface area contributed by atoms with E-state index in [9.17, 15) is 4.79 Å². The fraction of sp³-hybridized carbons (Fsp3) is 0.556. The van der Waals surface area contributed by atoms with E-state index in [-0.39, 0.29) is 5.15 Å². The first-order chi connectivity index (χ1) is 7.72. The molecule has 1 aliphatic heterocycles. The molecule has 0 radical (unpaired) electrons. The van der Waals surface area contributed by atoms with Crippen LogP contribution in [0.4, 0.5) is 5.13 Å². The van der Waals surface area contributed by atoms with Gasteiger partial charge in [-0.05, 0) is 0 Å². The molecule has 0 spiro atoms. The van der Waals surface area contributed by atoms with Gasteiger partial charge in [0.05, 0.1) is 7.11 Å². The van der Waals surface area contributed by atoms with Crippen LogP contribution in [0.3, 0.4) is 0 Å². The van der Waals surface area contributed by atoms with Crippen molar-refractivity contribution in [2.24, 2.45) is 0 Å². The lowest BCUT2D eigenvalue weighted by atomic mass is 10.4. The molecule has 0 atom stereocenters. The molecule has 0 aromatic carbocycles. The Labute approximate surface area is 102 Å². The summed E-state index contributed by atoms with van der Waals surface area (Å²) < 4.78 is 4.63. The molecule has 88 valence electrons. The van der Waals surface area contributed by atoms with Gasteiger partial charge in [0.1, 0.15) is 0 Å². The van der Waals surface area contributed by atoms with Crippen LogP contribution >= 0.6 is 22.9 Å². The minimum Gasteiger partial charge on any atom is -0.465 e. The largest absolute Gasteiger partial charge is 0.465 e. The van der Waals surface area contributed by atoms with Crippen molar-refractivity contribution in [3.05, 3.63) is 10.0 Å². The Balaban J connectivity index is 2.19. The second-order valence-corrected chi connectivity index (χ2v) is 4.68. The Morgan fingerprint density at radius 2 is 2.25 bits per heavy atom. The molecule has 7 heteroatoms. The van der Waals surface area contributed by atoms with E-state index in [2.05, 4.69) is 19.9 Å². The van der Waals surface area contributed by atoms with Gasteiger partial charge >= 0.3 is 5.97 Å². The van der Waals surface area contributed by atoms with Crippen molar-refractivity contribution in [2.75, 3.05) is 38.2 Å². The number of nitrogens with zero attached hydrogens (tertiary/aromatic N) is 2. The van der Waals surface area contributed by atoms with Crippen LogP contribution in [0.15, 0.2) is 0 Å². The van der Waals surface area contributed by atoms with Crippen molar-refractivity contribution in [2.45, 2.75) is 0 Å². The molecule has 1 saturated heterocycles. The van der Waals surface area contributed by atoms with Gasteiger partial charge in [-0.15, -0.1) is 0 Å². The van der Waals surface area contributed by atoms with Gasteiger partial charge in [0, 0.05) is 26.2 Å². The van der Waals surface area contributed by atoms with Gasteiger partial charge in [-0.2, -0.15) is 0 Å². The average molecular weight is 262 g/mol. The summed E-state index contributed by atoms with van der Waals surface area (Å²) in [5.74, 6) is -0.427. The van der Waals surface area contributed by atoms with Gasteiger partial charge in [-0.1, -0.05) is 22.9 Å². The number of hydrogen-bond donors (Lipinski definition) is 1. The van der Waals surface area contributed by atoms with Gasteiger partial charge in [0.2, 0.25) is 0 Å². The van der Waals surface area contributed by atoms with Crippen molar-refractivity contribution in [1.82, 2.24) is 10.3 Å². The highest BCUT2D eigenvalue weighted by atomic mass is 35.5. The van der Waals surface area contributed by atoms with Crippen molar-refractivity contribution in [3.63, 3.8) is 0 Å². The Bertz CT molecular complexity index is 390. The van der Waals surface area contributed by atoms with E-state index >= 15 is 0 Å². The van der Waals surface area contributed by atoms with Gasteiger partial charge in [0.15, 0.2) is 15.2 Å². The van der Waals surface area contributed by atoms with Crippen LogP contribution in [-0.2, 0) is 4.74 Å². The summed E-state index contributed by atoms with van der Waals surface area (Å²) in [6.45, 7) is 3.60. The summed E-state index contributed by atoms with van der Waals surface area (Å²) in [7, 11) is 1.34. The highest BCUT2D eigenvalue weighted by Gasteiger charge is 2.21. The highest BCUT2D eigenvalue weighted by molar-refractivity contribution is 7.18. The molecule has 1 fully saturated rings. The van der Waals surface area contributed by atoms with E-state index in [4.69, 9.17) is 11.6 Å². The summed E-state index contributed by atoms with van der Waals surface area (Å²) in [6, 6.07) is 0. The van der Waals surface area contributed by atoms with Crippen molar-refractivity contribution < 1.29 is 9.53 Å². The number of halogens is 1. The lowest BCUT2D eigenvalue weighted by Gasteiger charge is -2.26. The zero-order chi connectivity index (χ0) is 11.5. The number of hydrogen-bond acceptors (Lipinski definition) is 6. The second-order valence-electron chi connectivity index (χ2n) is 3.35. The summed E-state index contributed by atoms with van der Waals surface area (Å²) in [5, 5.41) is 4.26. The number of nitrogens with one attached hydrogen (secondary N) is 1. The number of piperazine rings is 1. The molecule has 1 aromatic rings. The molecule has 1 aliphatic rings. The van der Waals surface area contributed by atoms with E-state index in [1.54, 1.807) is 0 Å². The maximum atomic E-state index is 11.4. The molecule has 0 aliphatic carbocycles. The zero-order valence-electron chi connectivity index (χ0n) is 8.83. The van der Waals surface area contributed by atoms with Crippen LogP contribution in [0.2, 0.25) is 5.15 Å². The summed E-state index contributed by atoms with van der Waals surface area (Å²) in [5.41, 5.74) is 0. The van der Waals surface area contributed by atoms with Gasteiger partial charge in [-0.25, -0.2) is 9.78 Å². The molecule has 0 saturated carbocycles. The van der Waals surface area contributed by atoms with Gasteiger partial charge < -0.3 is 15.0 Å². The smallest absolute Gasteiger partial charge is 0.351 e. The summed E-state index contributed by atoms with van der Waals surface area (Å²) in [4.78, 5) is 18.0. The lowest BCUT2D eigenvalue weighted by Crippen LogP contribution is -2.43. The first kappa shape index (κ1) is 11.6. The second kappa shape index (κ2) is 4.99. The third kappa shape index (κ3) is 2.28. The standard InChI is InChI=1S/C9H12ClN3O2S/c1-15-8(14)6-7(10)12-9(16-6)13-4-2-11-3-5-13/h11H,2-5H2,1H3. The molecule has 0 unspecified atom stereocenters. The fourth-order valence-corrected chi connectivity index (χ4v) is 2.75. The Morgan fingerprint density at radius 1 is 1.56 bits per heavy atom. The van der Waals surface area contributed by atoms with Crippen molar-refractivity contribution in [1.29, 1.82) is 0 Å². The number of ether oxygens (including phenoxy) is 1. The first-order valence-corrected chi connectivity index (χ1v) is 6.12. The number of aromatic nitrogens is 1. The first-order valence-electron chi connectivity index (χ1n) is 4.92. The van der Waals surface area contributed by atoms with Gasteiger partial charge in [0.25, 0.3) is 0 Å². The SMILES string of the molecule is COC(=O)c1sc(N2CCNCC2)nc1Cl. The number of esters is 1. The maximum Gasteiger partial charge on any atom is 0.351 e. The molecule has 5 nitrogen and oxygen atoms in total. The predicted molar refractivity (Wildman–Crippen MR) is 63.5 cm³/mol. The number of carbonyl (C=O) groups is 1. The molecule has 16 heavy (non-hydrogen) atoms. The van der Waals surface area contributed by atoms with Crippen molar-refractivity contribution >= 4 is 34.0 Å². The molecule has 1 aromatic heterocycles. The highest BCUT2D eigenvalue weighted by Crippen LogP contribution is 2.30. The molecular formula is C9H12ClN3O2S. The maximum absolute atomic E-state index is 11.4. The van der Waals surface area contributed by atoms with E-state index in [0.29, 0.717) is 4.88 Å². The summed E-state index contributed by atoms with van der Waals surface area (Å²) in [6.07, 6.45) is 0. The van der Waals surface area contributed by atoms with Crippen LogP contribution < -0.4 is 10.2 Å². The molecule has 2 heterocycles. The van der Waals surface area contributed by atoms with E-state index in [1.165, 1.54) is 18.4 Å². The van der Waals surface area contributed by atoms with E-state index < -0.39 is 5.97 Å².